The van der Waals surface area contributed by atoms with Gasteiger partial charge in [-0.15, -0.1) is 0 Å². The minimum absolute atomic E-state index is 0.0112. The van der Waals surface area contributed by atoms with Gasteiger partial charge in [-0.1, -0.05) is 30.3 Å². The largest absolute Gasteiger partial charge is 0.505 e. The normalized spacial score (nSPS) is 15.8. The Balaban J connectivity index is 1.60. The van der Waals surface area contributed by atoms with Crippen molar-refractivity contribution in [2.45, 2.75) is 25.3 Å². The van der Waals surface area contributed by atoms with Gasteiger partial charge in [0.25, 0.3) is 0 Å². The molecule has 1 aromatic heterocycles. The van der Waals surface area contributed by atoms with Gasteiger partial charge in [-0.05, 0) is 66.3 Å². The zero-order chi connectivity index (χ0) is 22.5. The first-order valence-electron chi connectivity index (χ1n) is 10.8. The molecule has 1 aliphatic heterocycles. The van der Waals surface area contributed by atoms with E-state index in [4.69, 9.17) is 9.47 Å². The summed E-state index contributed by atoms with van der Waals surface area (Å²) in [4.78, 5) is 17.5. The highest BCUT2D eigenvalue weighted by Gasteiger charge is 2.30. The highest BCUT2D eigenvalue weighted by Crippen LogP contribution is 2.41. The van der Waals surface area contributed by atoms with Crippen LogP contribution in [0.3, 0.4) is 0 Å². The number of ether oxygens (including phenoxy) is 2. The summed E-state index contributed by atoms with van der Waals surface area (Å²) in [5, 5.41) is 10.3. The highest BCUT2D eigenvalue weighted by atomic mass is 16.5. The second-order valence-electron chi connectivity index (χ2n) is 7.93. The number of hydrogen-bond acceptors (Lipinski definition) is 6. The number of aryl methyl sites for hydroxylation is 1. The number of aromatic hydroxyl groups is 1. The Morgan fingerprint density at radius 2 is 1.88 bits per heavy atom. The van der Waals surface area contributed by atoms with Crippen LogP contribution in [0.2, 0.25) is 0 Å². The van der Waals surface area contributed by atoms with Crippen LogP contribution in [0.1, 0.15) is 45.2 Å². The van der Waals surface area contributed by atoms with Crippen LogP contribution in [0.15, 0.2) is 54.7 Å². The van der Waals surface area contributed by atoms with Crippen molar-refractivity contribution in [3.05, 3.63) is 82.7 Å². The van der Waals surface area contributed by atoms with Crippen LogP contribution in [-0.4, -0.2) is 48.6 Å². The first-order valence-corrected chi connectivity index (χ1v) is 10.8. The molecule has 1 aliphatic rings. The van der Waals surface area contributed by atoms with Crippen LogP contribution < -0.4 is 9.47 Å². The summed E-state index contributed by atoms with van der Waals surface area (Å²) in [6.45, 7) is 1.77. The third-order valence-electron chi connectivity index (χ3n) is 6.13. The molecule has 6 heteroatoms. The quantitative estimate of drug-likeness (QED) is 0.538. The number of aromatic nitrogens is 1. The van der Waals surface area contributed by atoms with Crippen molar-refractivity contribution in [2.75, 3.05) is 27.3 Å². The maximum atomic E-state index is 11.1. The molecule has 166 valence electrons. The SMILES string of the molecule is COc1cc2c(cc1OC)C(c1ccccc1)N(CCCc1ccnc(C=O)c1O)CC2. The number of hydrogen-bond donors (Lipinski definition) is 1. The summed E-state index contributed by atoms with van der Waals surface area (Å²) in [6, 6.07) is 16.6. The average molecular weight is 433 g/mol. The van der Waals surface area contributed by atoms with Crippen LogP contribution in [0, 0.1) is 0 Å². The van der Waals surface area contributed by atoms with E-state index in [1.807, 2.05) is 6.07 Å². The smallest absolute Gasteiger partial charge is 0.172 e. The third kappa shape index (κ3) is 4.32. The maximum Gasteiger partial charge on any atom is 0.172 e. The van der Waals surface area contributed by atoms with Gasteiger partial charge in [-0.3, -0.25) is 9.69 Å². The lowest BCUT2D eigenvalue weighted by molar-refractivity contribution is 0.111. The molecule has 0 bridgehead atoms. The molecular formula is C26H28N2O4. The van der Waals surface area contributed by atoms with Crippen LogP contribution in [0.5, 0.6) is 17.2 Å². The fourth-order valence-corrected chi connectivity index (χ4v) is 4.54. The van der Waals surface area contributed by atoms with Gasteiger partial charge < -0.3 is 14.6 Å². The molecule has 1 atom stereocenters. The molecule has 0 saturated carbocycles. The van der Waals surface area contributed by atoms with E-state index in [0.717, 1.165) is 43.0 Å². The Morgan fingerprint density at radius 3 is 2.59 bits per heavy atom. The number of carbonyl (C=O) groups is 1. The molecule has 2 aromatic carbocycles. The van der Waals surface area contributed by atoms with Crippen molar-refractivity contribution < 1.29 is 19.4 Å². The van der Waals surface area contributed by atoms with E-state index in [1.165, 1.54) is 16.7 Å². The number of rotatable bonds is 8. The molecule has 6 nitrogen and oxygen atoms in total. The predicted molar refractivity (Wildman–Crippen MR) is 123 cm³/mol. The summed E-state index contributed by atoms with van der Waals surface area (Å²) in [6.07, 6.45) is 4.61. The van der Waals surface area contributed by atoms with Crippen molar-refractivity contribution in [1.82, 2.24) is 9.88 Å². The number of fused-ring (bicyclic) bond motifs is 1. The summed E-state index contributed by atoms with van der Waals surface area (Å²) < 4.78 is 11.1. The topological polar surface area (TPSA) is 71.9 Å². The van der Waals surface area contributed by atoms with Gasteiger partial charge >= 0.3 is 0 Å². The number of benzene rings is 2. The van der Waals surface area contributed by atoms with E-state index in [0.29, 0.717) is 12.7 Å². The molecular weight excluding hydrogens is 404 g/mol. The molecule has 1 unspecified atom stereocenters. The van der Waals surface area contributed by atoms with E-state index in [9.17, 15) is 9.90 Å². The monoisotopic (exact) mass is 432 g/mol. The number of methoxy groups -OCH3 is 2. The van der Waals surface area contributed by atoms with Crippen molar-refractivity contribution in [3.63, 3.8) is 0 Å². The fourth-order valence-electron chi connectivity index (χ4n) is 4.54. The summed E-state index contributed by atoms with van der Waals surface area (Å²) in [5.41, 5.74) is 4.58. The molecule has 3 aromatic rings. The van der Waals surface area contributed by atoms with E-state index in [-0.39, 0.29) is 17.5 Å². The van der Waals surface area contributed by atoms with Crippen LogP contribution in [-0.2, 0) is 12.8 Å². The van der Waals surface area contributed by atoms with E-state index < -0.39 is 0 Å². The third-order valence-corrected chi connectivity index (χ3v) is 6.13. The molecule has 0 aliphatic carbocycles. The Morgan fingerprint density at radius 1 is 1.12 bits per heavy atom. The second kappa shape index (κ2) is 9.83. The molecule has 4 rings (SSSR count). The molecule has 0 spiro atoms. The summed E-state index contributed by atoms with van der Waals surface area (Å²) in [7, 11) is 3.33. The molecule has 0 fully saturated rings. The molecule has 0 radical (unpaired) electrons. The Kier molecular flexibility index (Phi) is 6.71. The Hall–Kier alpha value is -3.38. The Labute approximate surface area is 188 Å². The first-order chi connectivity index (χ1) is 15.7. The summed E-state index contributed by atoms with van der Waals surface area (Å²) in [5.74, 6) is 1.48. The lowest BCUT2D eigenvalue weighted by Crippen LogP contribution is -2.37. The zero-order valence-corrected chi connectivity index (χ0v) is 18.5. The van der Waals surface area contributed by atoms with E-state index >= 15 is 0 Å². The van der Waals surface area contributed by atoms with Gasteiger partial charge in [0, 0.05) is 12.7 Å². The van der Waals surface area contributed by atoms with Crippen LogP contribution in [0.4, 0.5) is 0 Å². The second-order valence-corrected chi connectivity index (χ2v) is 7.93. The lowest BCUT2D eigenvalue weighted by Gasteiger charge is -2.38. The number of nitrogens with zero attached hydrogens (tertiary/aromatic N) is 2. The molecule has 0 saturated heterocycles. The zero-order valence-electron chi connectivity index (χ0n) is 18.5. The first kappa shape index (κ1) is 21.8. The molecule has 0 amide bonds. The number of aldehydes is 1. The molecule has 1 N–H and O–H groups in total. The maximum absolute atomic E-state index is 11.1. The van der Waals surface area contributed by atoms with E-state index in [1.54, 1.807) is 26.5 Å². The molecule has 2 heterocycles. The van der Waals surface area contributed by atoms with E-state index in [2.05, 4.69) is 46.3 Å². The van der Waals surface area contributed by atoms with Crippen molar-refractivity contribution in [1.29, 1.82) is 0 Å². The minimum Gasteiger partial charge on any atom is -0.505 e. The van der Waals surface area contributed by atoms with Gasteiger partial charge in [0.1, 0.15) is 11.4 Å². The Bertz CT molecular complexity index is 1080. The van der Waals surface area contributed by atoms with Gasteiger partial charge in [0.2, 0.25) is 0 Å². The van der Waals surface area contributed by atoms with Gasteiger partial charge in [-0.2, -0.15) is 0 Å². The van der Waals surface area contributed by atoms with Crippen molar-refractivity contribution >= 4 is 6.29 Å². The fraction of sp³-hybridized carbons (Fsp3) is 0.308. The van der Waals surface area contributed by atoms with Crippen molar-refractivity contribution in [3.8, 4) is 17.2 Å². The van der Waals surface area contributed by atoms with Crippen LogP contribution in [0.25, 0.3) is 0 Å². The number of carbonyl (C=O) groups excluding carboxylic acids is 1. The lowest BCUT2D eigenvalue weighted by atomic mass is 9.87. The number of pyridine rings is 1. The average Bonchev–Trinajstić information content (AvgIpc) is 2.84. The minimum atomic E-state index is -0.0112. The molecule has 32 heavy (non-hydrogen) atoms. The van der Waals surface area contributed by atoms with Crippen LogP contribution >= 0.6 is 0 Å². The van der Waals surface area contributed by atoms with Gasteiger partial charge in [0.05, 0.1) is 20.3 Å². The summed E-state index contributed by atoms with van der Waals surface area (Å²) >= 11 is 0. The van der Waals surface area contributed by atoms with Gasteiger partial charge in [0.15, 0.2) is 17.8 Å². The van der Waals surface area contributed by atoms with Crippen molar-refractivity contribution in [2.24, 2.45) is 0 Å². The highest BCUT2D eigenvalue weighted by molar-refractivity contribution is 5.76. The standard InChI is InChI=1S/C26H28N2O4/c1-31-23-15-20-11-14-28(13-6-9-19-10-12-27-22(17-29)26(19)30)25(18-7-4-3-5-8-18)21(20)16-24(23)32-2/h3-5,7-8,10,12,15-17,25,30H,6,9,11,13-14H2,1-2H3. The van der Waals surface area contributed by atoms with Gasteiger partial charge in [-0.25, -0.2) is 4.98 Å². The predicted octanol–water partition coefficient (Wildman–Crippen LogP) is 4.20.